The normalized spacial score (nSPS) is 14.5. The molecule has 1 aliphatic heterocycles. The molecule has 1 saturated heterocycles. The fourth-order valence-electron chi connectivity index (χ4n) is 4.08. The van der Waals surface area contributed by atoms with Crippen LogP contribution in [-0.4, -0.2) is 53.1 Å². The molecule has 1 fully saturated rings. The molecule has 0 spiro atoms. The number of carbonyl (C=O) groups is 1. The van der Waals surface area contributed by atoms with Gasteiger partial charge in [-0.05, 0) is 57.4 Å². The average molecular weight is 562 g/mol. The maximum Gasteiger partial charge on any atom is 0.274 e. The van der Waals surface area contributed by atoms with Crippen molar-refractivity contribution in [2.45, 2.75) is 51.0 Å². The number of aromatic nitrogens is 2. The summed E-state index contributed by atoms with van der Waals surface area (Å²) in [6, 6.07) is 9.64. The number of rotatable bonds is 9. The smallest absolute Gasteiger partial charge is 0.274 e. The van der Waals surface area contributed by atoms with Crippen molar-refractivity contribution in [2.75, 3.05) is 13.1 Å². The molecule has 11 nitrogen and oxygen atoms in total. The van der Waals surface area contributed by atoms with Crippen LogP contribution in [0.3, 0.4) is 0 Å². The third kappa shape index (κ3) is 5.66. The zero-order chi connectivity index (χ0) is 27.6. The minimum Gasteiger partial charge on any atom is -0.437 e. The van der Waals surface area contributed by atoms with Crippen LogP contribution in [0.2, 0.25) is 5.02 Å². The van der Waals surface area contributed by atoms with Gasteiger partial charge in [0, 0.05) is 41.9 Å². The average Bonchev–Trinajstić information content (AvgIpc) is 3.52. The molecule has 1 unspecified atom stereocenters. The van der Waals surface area contributed by atoms with Gasteiger partial charge in [0.1, 0.15) is 10.6 Å². The van der Waals surface area contributed by atoms with E-state index in [2.05, 4.69) is 9.82 Å². The molecule has 2 heterocycles. The minimum atomic E-state index is -4.20. The molecule has 13 heteroatoms. The van der Waals surface area contributed by atoms with E-state index in [0.29, 0.717) is 35.8 Å². The first-order valence-electron chi connectivity index (χ1n) is 12.1. The van der Waals surface area contributed by atoms with Crippen LogP contribution in [0.5, 0.6) is 11.6 Å². The molecule has 3 aromatic rings. The van der Waals surface area contributed by atoms with Gasteiger partial charge in [0.05, 0.1) is 10.6 Å². The van der Waals surface area contributed by atoms with Gasteiger partial charge in [0.15, 0.2) is 5.69 Å². The van der Waals surface area contributed by atoms with E-state index in [1.807, 2.05) is 6.92 Å². The van der Waals surface area contributed by atoms with Crippen molar-refractivity contribution in [1.29, 1.82) is 0 Å². The second-order valence-corrected chi connectivity index (χ2v) is 11.2. The summed E-state index contributed by atoms with van der Waals surface area (Å²) in [4.78, 5) is 25.3. The molecular weight excluding hydrogens is 534 g/mol. The van der Waals surface area contributed by atoms with Crippen molar-refractivity contribution >= 4 is 33.2 Å². The number of nitro groups is 1. The van der Waals surface area contributed by atoms with E-state index in [0.717, 1.165) is 25.0 Å². The Labute approximate surface area is 225 Å². The van der Waals surface area contributed by atoms with Gasteiger partial charge in [-0.3, -0.25) is 14.9 Å². The first-order valence-corrected chi connectivity index (χ1v) is 14.0. The number of carbonyl (C=O) groups excluding carboxylic acids is 1. The number of ether oxygens (including phenoxy) is 1. The first-order chi connectivity index (χ1) is 18.0. The summed E-state index contributed by atoms with van der Waals surface area (Å²) in [5.74, 6) is -0.331. The lowest BCUT2D eigenvalue weighted by Gasteiger charge is -2.16. The largest absolute Gasteiger partial charge is 0.437 e. The molecule has 1 aliphatic rings. The Morgan fingerprint density at radius 3 is 2.58 bits per heavy atom. The molecule has 1 atom stereocenters. The van der Waals surface area contributed by atoms with E-state index < -0.39 is 31.6 Å². The molecule has 38 heavy (non-hydrogen) atoms. The van der Waals surface area contributed by atoms with Crippen LogP contribution >= 0.6 is 11.6 Å². The summed E-state index contributed by atoms with van der Waals surface area (Å²) in [6.45, 7) is 6.38. The number of hydrogen-bond acceptors (Lipinski definition) is 7. The Kier molecular flexibility index (Phi) is 8.05. The van der Waals surface area contributed by atoms with Gasteiger partial charge in [-0.25, -0.2) is 13.1 Å². The van der Waals surface area contributed by atoms with Crippen molar-refractivity contribution < 1.29 is 22.9 Å². The fraction of sp³-hybridized carbons (Fsp3) is 0.360. The monoisotopic (exact) mass is 561 g/mol. The Morgan fingerprint density at radius 1 is 1.24 bits per heavy atom. The summed E-state index contributed by atoms with van der Waals surface area (Å²) in [6.07, 6.45) is 2.31. The van der Waals surface area contributed by atoms with E-state index in [1.165, 1.54) is 10.7 Å². The SMILES string of the molecule is CCC(C)NS(=O)(=O)c1cc([N+](=O)[O-])ccc1Oc1c(C)c(C(=O)N2CCCC2)nn1-c1cccc(Cl)c1. The van der Waals surface area contributed by atoms with Crippen LogP contribution in [0.4, 0.5) is 5.69 Å². The summed E-state index contributed by atoms with van der Waals surface area (Å²) in [7, 11) is -4.20. The standard InChI is InChI=1S/C25H28ClN5O6S/c1-4-16(2)28-38(35,36)22-15-20(31(33)34)10-11-21(22)37-25-17(3)23(24(32)29-12-5-6-13-29)27-30(25)19-9-7-8-18(26)14-19/h7-11,14-16,28H,4-6,12-13H2,1-3H3. The zero-order valence-electron chi connectivity index (χ0n) is 21.2. The van der Waals surface area contributed by atoms with Crippen LogP contribution in [-0.2, 0) is 10.0 Å². The van der Waals surface area contributed by atoms with Gasteiger partial charge in [0.2, 0.25) is 15.9 Å². The molecule has 0 aliphatic carbocycles. The van der Waals surface area contributed by atoms with Crippen LogP contribution < -0.4 is 9.46 Å². The number of likely N-dealkylation sites (tertiary alicyclic amines) is 1. The van der Waals surface area contributed by atoms with E-state index in [-0.39, 0.29) is 23.2 Å². The predicted molar refractivity (Wildman–Crippen MR) is 142 cm³/mol. The fourth-order valence-corrected chi connectivity index (χ4v) is 5.74. The van der Waals surface area contributed by atoms with Crippen LogP contribution in [0, 0.1) is 17.0 Å². The van der Waals surface area contributed by atoms with Gasteiger partial charge in [-0.2, -0.15) is 9.78 Å². The number of benzene rings is 2. The molecular formula is C25H28ClN5O6S. The summed E-state index contributed by atoms with van der Waals surface area (Å²) >= 11 is 6.21. The van der Waals surface area contributed by atoms with Crippen molar-refractivity contribution in [3.63, 3.8) is 0 Å². The molecule has 202 valence electrons. The molecule has 1 N–H and O–H groups in total. The molecule has 1 amide bonds. The molecule has 0 radical (unpaired) electrons. The van der Waals surface area contributed by atoms with Crippen molar-refractivity contribution in [3.05, 3.63) is 68.9 Å². The second-order valence-electron chi connectivity index (χ2n) is 9.09. The van der Waals surface area contributed by atoms with E-state index in [1.54, 1.807) is 43.0 Å². The third-order valence-electron chi connectivity index (χ3n) is 6.32. The predicted octanol–water partition coefficient (Wildman–Crippen LogP) is 4.85. The number of nitrogens with one attached hydrogen (secondary N) is 1. The van der Waals surface area contributed by atoms with Crippen molar-refractivity contribution in [1.82, 2.24) is 19.4 Å². The summed E-state index contributed by atoms with van der Waals surface area (Å²) in [5.41, 5.74) is 0.622. The summed E-state index contributed by atoms with van der Waals surface area (Å²) < 4.78 is 36.5. The molecule has 1 aromatic heterocycles. The lowest BCUT2D eigenvalue weighted by Crippen LogP contribution is -2.32. The second kappa shape index (κ2) is 11.1. The Morgan fingerprint density at radius 2 is 1.95 bits per heavy atom. The van der Waals surface area contributed by atoms with Gasteiger partial charge >= 0.3 is 0 Å². The topological polar surface area (TPSA) is 137 Å². The third-order valence-corrected chi connectivity index (χ3v) is 8.17. The Balaban J connectivity index is 1.87. The van der Waals surface area contributed by atoms with Gasteiger partial charge < -0.3 is 9.64 Å². The first kappa shape index (κ1) is 27.6. The Bertz CT molecular complexity index is 1480. The number of nitro benzene ring substituents is 1. The number of nitrogens with zero attached hydrogens (tertiary/aromatic N) is 4. The highest BCUT2D eigenvalue weighted by atomic mass is 35.5. The van der Waals surface area contributed by atoms with Crippen LogP contribution in [0.25, 0.3) is 5.69 Å². The van der Waals surface area contributed by atoms with E-state index >= 15 is 0 Å². The van der Waals surface area contributed by atoms with Crippen LogP contribution in [0.15, 0.2) is 47.4 Å². The molecule has 4 rings (SSSR count). The lowest BCUT2D eigenvalue weighted by atomic mass is 10.2. The highest BCUT2D eigenvalue weighted by Gasteiger charge is 2.30. The zero-order valence-corrected chi connectivity index (χ0v) is 22.8. The highest BCUT2D eigenvalue weighted by molar-refractivity contribution is 7.89. The minimum absolute atomic E-state index is 0.0867. The number of non-ortho nitro benzene ring substituents is 1. The number of amides is 1. The summed E-state index contributed by atoms with van der Waals surface area (Å²) in [5, 5.41) is 16.4. The lowest BCUT2D eigenvalue weighted by molar-refractivity contribution is -0.385. The molecule has 0 saturated carbocycles. The van der Waals surface area contributed by atoms with Gasteiger partial charge in [-0.15, -0.1) is 0 Å². The van der Waals surface area contributed by atoms with E-state index in [9.17, 15) is 23.3 Å². The quantitative estimate of drug-likeness (QED) is 0.291. The van der Waals surface area contributed by atoms with Crippen LogP contribution in [0.1, 0.15) is 49.2 Å². The van der Waals surface area contributed by atoms with Gasteiger partial charge in [0.25, 0.3) is 11.6 Å². The number of sulfonamides is 1. The van der Waals surface area contributed by atoms with Crippen molar-refractivity contribution in [2.24, 2.45) is 0 Å². The van der Waals surface area contributed by atoms with Gasteiger partial charge in [-0.1, -0.05) is 24.6 Å². The number of hydrogen-bond donors (Lipinski definition) is 1. The van der Waals surface area contributed by atoms with Crippen molar-refractivity contribution in [3.8, 4) is 17.3 Å². The molecule has 0 bridgehead atoms. The molecule has 2 aromatic carbocycles. The van der Waals surface area contributed by atoms with E-state index in [4.69, 9.17) is 16.3 Å². The number of halogens is 1. The Hall–Kier alpha value is -3.48. The maximum absolute atomic E-state index is 13.3. The highest BCUT2D eigenvalue weighted by Crippen LogP contribution is 2.36. The maximum atomic E-state index is 13.3.